The zero-order chi connectivity index (χ0) is 24.1. The number of Topliss-reactive ketones (excluding diaryl/α,β-unsaturated/α-hetero) is 1. The molecule has 0 aliphatic heterocycles. The van der Waals surface area contributed by atoms with E-state index in [1.54, 1.807) is 36.9 Å². The monoisotopic (exact) mass is 546 g/mol. The number of amides is 1. The van der Waals surface area contributed by atoms with E-state index in [4.69, 9.17) is 17.3 Å². The fourth-order valence-corrected chi connectivity index (χ4v) is 4.24. The molecule has 0 spiro atoms. The molecule has 11 heteroatoms. The molecule has 0 fully saturated rings. The number of aryl methyl sites for hydroxylation is 1. The van der Waals surface area contributed by atoms with Crippen molar-refractivity contribution >= 4 is 56.7 Å². The molecule has 2 aromatic heterocycles. The first-order valence-corrected chi connectivity index (χ1v) is 12.3. The summed E-state index contributed by atoms with van der Waals surface area (Å²) in [6.07, 6.45) is 3.94. The summed E-state index contributed by atoms with van der Waals surface area (Å²) in [5.41, 5.74) is 7.60. The van der Waals surface area contributed by atoms with Gasteiger partial charge in [-0.25, -0.2) is 9.67 Å². The van der Waals surface area contributed by atoms with Crippen LogP contribution in [0.1, 0.15) is 38.4 Å². The number of ketones is 1. The Hall–Kier alpha value is -2.71. The summed E-state index contributed by atoms with van der Waals surface area (Å²) in [4.78, 5) is 30.6. The van der Waals surface area contributed by atoms with Gasteiger partial charge in [0.15, 0.2) is 11.6 Å². The molecule has 0 radical (unpaired) electrons. The fraction of sp³-hybridized carbons (Fsp3) is 0.227. The van der Waals surface area contributed by atoms with Crippen LogP contribution in [0.25, 0.3) is 5.82 Å². The number of nitrogens with two attached hydrogens (primary N) is 1. The van der Waals surface area contributed by atoms with Crippen molar-refractivity contribution in [3.63, 3.8) is 0 Å². The van der Waals surface area contributed by atoms with Crippen LogP contribution in [0.4, 0.5) is 5.69 Å². The van der Waals surface area contributed by atoms with E-state index in [0.29, 0.717) is 38.6 Å². The normalized spacial score (nSPS) is 11.6. The zero-order valence-corrected chi connectivity index (χ0v) is 21.0. The van der Waals surface area contributed by atoms with E-state index < -0.39 is 11.9 Å². The molecule has 170 valence electrons. The maximum atomic E-state index is 13.3. The highest BCUT2D eigenvalue weighted by Crippen LogP contribution is 2.27. The van der Waals surface area contributed by atoms with Crippen molar-refractivity contribution in [2.24, 2.45) is 5.73 Å². The minimum absolute atomic E-state index is 0.149. The minimum Gasteiger partial charge on any atom is -0.321 e. The predicted octanol–water partition coefficient (Wildman–Crippen LogP) is 4.38. The van der Waals surface area contributed by atoms with Crippen LogP contribution in [0.3, 0.4) is 0 Å². The highest BCUT2D eigenvalue weighted by Gasteiger charge is 2.24. The van der Waals surface area contributed by atoms with Crippen LogP contribution in [-0.2, 0) is 0 Å². The Kier molecular flexibility index (Phi) is 8.26. The molecular formula is C22H20BrClN6O2S. The van der Waals surface area contributed by atoms with Gasteiger partial charge in [0.05, 0.1) is 28.4 Å². The minimum atomic E-state index is -0.756. The third kappa shape index (κ3) is 5.62. The lowest BCUT2D eigenvalue weighted by molar-refractivity contribution is 0.0960. The van der Waals surface area contributed by atoms with Crippen molar-refractivity contribution in [3.05, 3.63) is 68.5 Å². The van der Waals surface area contributed by atoms with Crippen LogP contribution in [-0.4, -0.2) is 44.5 Å². The summed E-state index contributed by atoms with van der Waals surface area (Å²) in [5, 5.41) is 16.7. The molecule has 0 bridgehead atoms. The van der Waals surface area contributed by atoms with Gasteiger partial charge < -0.3 is 11.1 Å². The lowest BCUT2D eigenvalue weighted by atomic mass is 9.96. The standard InChI is InChI=1S/C22H20BrClN6O2S/c1-12-8-13(11-25)9-14(20(31)16(26)5-7-33-2)19(12)28-22(32)17-10-18(23)29-30(17)21-15(24)4-3-6-27-21/h3-4,6,8-10,16H,5,7,26H2,1-2H3,(H,28,32). The van der Waals surface area contributed by atoms with E-state index in [-0.39, 0.29) is 22.9 Å². The number of halogens is 2. The topological polar surface area (TPSA) is 127 Å². The number of aromatic nitrogens is 3. The van der Waals surface area contributed by atoms with Crippen molar-refractivity contribution < 1.29 is 9.59 Å². The van der Waals surface area contributed by atoms with E-state index in [9.17, 15) is 14.9 Å². The van der Waals surface area contributed by atoms with Crippen molar-refractivity contribution in [1.29, 1.82) is 5.26 Å². The molecule has 0 aliphatic carbocycles. The summed E-state index contributed by atoms with van der Waals surface area (Å²) in [5.74, 6) is 0.113. The average molecular weight is 548 g/mol. The summed E-state index contributed by atoms with van der Waals surface area (Å²) >= 11 is 11.1. The van der Waals surface area contributed by atoms with Gasteiger partial charge in [-0.15, -0.1) is 0 Å². The maximum Gasteiger partial charge on any atom is 0.274 e. The summed E-state index contributed by atoms with van der Waals surface area (Å²) < 4.78 is 1.72. The third-order valence-electron chi connectivity index (χ3n) is 4.79. The molecular weight excluding hydrogens is 528 g/mol. The van der Waals surface area contributed by atoms with E-state index >= 15 is 0 Å². The Morgan fingerprint density at radius 3 is 2.82 bits per heavy atom. The highest BCUT2D eigenvalue weighted by molar-refractivity contribution is 9.10. The van der Waals surface area contributed by atoms with Crippen molar-refractivity contribution in [2.75, 3.05) is 17.3 Å². The number of rotatable bonds is 8. The number of nitrogens with one attached hydrogen (secondary N) is 1. The van der Waals surface area contributed by atoms with Crippen LogP contribution in [0.5, 0.6) is 0 Å². The number of nitriles is 1. The molecule has 3 aromatic rings. The van der Waals surface area contributed by atoms with Gasteiger partial charge >= 0.3 is 0 Å². The number of pyridine rings is 1. The van der Waals surface area contributed by atoms with Gasteiger partial charge in [-0.1, -0.05) is 11.6 Å². The number of anilines is 1. The van der Waals surface area contributed by atoms with E-state index in [1.165, 1.54) is 23.0 Å². The Labute approximate surface area is 208 Å². The van der Waals surface area contributed by atoms with Gasteiger partial charge in [0.1, 0.15) is 10.3 Å². The summed E-state index contributed by atoms with van der Waals surface area (Å²) in [6, 6.07) is 9.16. The SMILES string of the molecule is CSCCC(N)C(=O)c1cc(C#N)cc(C)c1NC(=O)c1cc(Br)nn1-c1ncccc1Cl. The Bertz CT molecular complexity index is 1260. The first-order chi connectivity index (χ1) is 15.8. The van der Waals surface area contributed by atoms with Crippen LogP contribution >= 0.6 is 39.3 Å². The van der Waals surface area contributed by atoms with Gasteiger partial charge in [0.2, 0.25) is 0 Å². The van der Waals surface area contributed by atoms with Gasteiger partial charge in [-0.2, -0.15) is 22.1 Å². The molecule has 1 unspecified atom stereocenters. The second-order valence-electron chi connectivity index (χ2n) is 7.11. The van der Waals surface area contributed by atoms with Crippen LogP contribution in [0.2, 0.25) is 5.02 Å². The zero-order valence-electron chi connectivity index (χ0n) is 17.8. The second-order valence-corrected chi connectivity index (χ2v) is 9.31. The Balaban J connectivity index is 2.03. The van der Waals surface area contributed by atoms with Crippen molar-refractivity contribution in [2.45, 2.75) is 19.4 Å². The molecule has 2 heterocycles. The van der Waals surface area contributed by atoms with Gasteiger partial charge in [-0.05, 0) is 71.1 Å². The summed E-state index contributed by atoms with van der Waals surface area (Å²) in [6.45, 7) is 1.71. The maximum absolute atomic E-state index is 13.3. The van der Waals surface area contributed by atoms with Crippen LogP contribution < -0.4 is 11.1 Å². The molecule has 3 N–H and O–H groups in total. The Morgan fingerprint density at radius 1 is 1.39 bits per heavy atom. The number of nitrogens with zero attached hydrogens (tertiary/aromatic N) is 4. The van der Waals surface area contributed by atoms with E-state index in [0.717, 1.165) is 0 Å². The second kappa shape index (κ2) is 10.9. The van der Waals surface area contributed by atoms with Gasteiger partial charge in [0.25, 0.3) is 5.91 Å². The lowest BCUT2D eigenvalue weighted by Crippen LogP contribution is -2.32. The van der Waals surface area contributed by atoms with E-state index in [2.05, 4.69) is 31.3 Å². The highest BCUT2D eigenvalue weighted by atomic mass is 79.9. The average Bonchev–Trinajstić information content (AvgIpc) is 3.19. The van der Waals surface area contributed by atoms with Crippen molar-refractivity contribution in [1.82, 2.24) is 14.8 Å². The Morgan fingerprint density at radius 2 is 2.15 bits per heavy atom. The smallest absolute Gasteiger partial charge is 0.274 e. The summed E-state index contributed by atoms with van der Waals surface area (Å²) in [7, 11) is 0. The molecule has 0 saturated carbocycles. The number of carbonyl (C=O) groups excluding carboxylic acids is 2. The molecule has 1 atom stereocenters. The first-order valence-electron chi connectivity index (χ1n) is 9.78. The molecule has 1 amide bonds. The number of benzene rings is 1. The number of hydrogen-bond acceptors (Lipinski definition) is 7. The first kappa shape index (κ1) is 24.9. The van der Waals surface area contributed by atoms with Gasteiger partial charge in [0, 0.05) is 17.8 Å². The molecule has 0 aliphatic rings. The molecule has 8 nitrogen and oxygen atoms in total. The van der Waals surface area contributed by atoms with Crippen LogP contribution in [0.15, 0.2) is 41.1 Å². The van der Waals surface area contributed by atoms with E-state index in [1.807, 2.05) is 12.3 Å². The quantitative estimate of drug-likeness (QED) is 0.401. The number of carbonyl (C=O) groups is 2. The lowest BCUT2D eigenvalue weighted by Gasteiger charge is -2.17. The van der Waals surface area contributed by atoms with Gasteiger partial charge in [-0.3, -0.25) is 9.59 Å². The largest absolute Gasteiger partial charge is 0.321 e. The van der Waals surface area contributed by atoms with Crippen molar-refractivity contribution in [3.8, 4) is 11.9 Å². The number of thioether (sulfide) groups is 1. The molecule has 0 saturated heterocycles. The number of hydrogen-bond donors (Lipinski definition) is 2. The molecule has 1 aromatic carbocycles. The third-order valence-corrected chi connectivity index (χ3v) is 6.12. The fourth-order valence-electron chi connectivity index (χ4n) is 3.17. The predicted molar refractivity (Wildman–Crippen MR) is 133 cm³/mol. The molecule has 3 rings (SSSR count). The molecule has 33 heavy (non-hydrogen) atoms. The van der Waals surface area contributed by atoms with Crippen LogP contribution in [0, 0.1) is 18.3 Å².